The summed E-state index contributed by atoms with van der Waals surface area (Å²) >= 11 is 0. The van der Waals surface area contributed by atoms with Gasteiger partial charge in [-0.1, -0.05) is 32.1 Å². The van der Waals surface area contributed by atoms with Crippen LogP contribution in [0, 0.1) is 0 Å². The first-order chi connectivity index (χ1) is 9.93. The summed E-state index contributed by atoms with van der Waals surface area (Å²) in [7, 11) is 0. The maximum absolute atomic E-state index is 12.0. The topological polar surface area (TPSA) is 69.9 Å². The first-order valence-corrected chi connectivity index (χ1v) is 6.93. The summed E-state index contributed by atoms with van der Waals surface area (Å²) in [6.07, 6.45) is 3.50. The number of ether oxygens (including phenoxy) is 1. The van der Waals surface area contributed by atoms with Crippen LogP contribution < -0.4 is 0 Å². The van der Waals surface area contributed by atoms with E-state index in [0.717, 1.165) is 11.3 Å². The minimum absolute atomic E-state index is 0.270. The Morgan fingerprint density at radius 1 is 1.38 bits per heavy atom. The van der Waals surface area contributed by atoms with E-state index in [1.54, 1.807) is 24.0 Å². The minimum atomic E-state index is -0.431. The molecule has 0 amide bonds. The Labute approximate surface area is 124 Å². The maximum Gasteiger partial charge on any atom is 0.360 e. The lowest BCUT2D eigenvalue weighted by Crippen LogP contribution is -2.23. The van der Waals surface area contributed by atoms with Gasteiger partial charge < -0.3 is 4.74 Å². The van der Waals surface area contributed by atoms with Gasteiger partial charge in [0, 0.05) is 17.8 Å². The highest BCUT2D eigenvalue weighted by Gasteiger charge is 2.29. The van der Waals surface area contributed by atoms with Crippen molar-refractivity contribution in [2.24, 2.45) is 0 Å². The zero-order chi connectivity index (χ0) is 15.5. The third kappa shape index (κ3) is 3.45. The number of hydrogen-bond acceptors (Lipinski definition) is 5. The van der Waals surface area contributed by atoms with E-state index in [0.29, 0.717) is 13.2 Å². The standard InChI is InChI=1S/C15H20N4O2/c1-5-21-14(20)12-13(15(2,3)4)19(18-17-12)10-11-7-6-8-16-9-11/h6-9H,5,10H2,1-4H3. The van der Waals surface area contributed by atoms with Gasteiger partial charge in [0.1, 0.15) is 0 Å². The summed E-state index contributed by atoms with van der Waals surface area (Å²) in [5.74, 6) is -0.431. The second-order valence-electron chi connectivity index (χ2n) is 5.78. The van der Waals surface area contributed by atoms with Crippen LogP contribution in [0.2, 0.25) is 0 Å². The third-order valence-corrected chi connectivity index (χ3v) is 2.97. The predicted molar refractivity (Wildman–Crippen MR) is 78.0 cm³/mol. The fraction of sp³-hybridized carbons (Fsp3) is 0.467. The highest BCUT2D eigenvalue weighted by Crippen LogP contribution is 2.25. The van der Waals surface area contributed by atoms with Gasteiger partial charge in [-0.25, -0.2) is 9.48 Å². The monoisotopic (exact) mass is 288 g/mol. The van der Waals surface area contributed by atoms with Gasteiger partial charge in [0.25, 0.3) is 0 Å². The summed E-state index contributed by atoms with van der Waals surface area (Å²) in [6.45, 7) is 8.68. The molecule has 0 atom stereocenters. The number of rotatable bonds is 4. The lowest BCUT2D eigenvalue weighted by Gasteiger charge is -2.20. The van der Waals surface area contributed by atoms with Crippen molar-refractivity contribution in [3.05, 3.63) is 41.5 Å². The summed E-state index contributed by atoms with van der Waals surface area (Å²) in [5.41, 5.74) is 1.79. The van der Waals surface area contributed by atoms with E-state index in [2.05, 4.69) is 15.3 Å². The van der Waals surface area contributed by atoms with E-state index >= 15 is 0 Å². The van der Waals surface area contributed by atoms with Gasteiger partial charge in [0.05, 0.1) is 18.8 Å². The van der Waals surface area contributed by atoms with Crippen LogP contribution >= 0.6 is 0 Å². The third-order valence-electron chi connectivity index (χ3n) is 2.97. The molecular formula is C15H20N4O2. The van der Waals surface area contributed by atoms with Crippen LogP contribution in [-0.4, -0.2) is 32.6 Å². The molecule has 0 aliphatic rings. The summed E-state index contributed by atoms with van der Waals surface area (Å²) in [4.78, 5) is 16.1. The van der Waals surface area contributed by atoms with Gasteiger partial charge in [-0.2, -0.15) is 0 Å². The van der Waals surface area contributed by atoms with Crippen LogP contribution in [0.5, 0.6) is 0 Å². The first kappa shape index (κ1) is 15.2. The Bertz CT molecular complexity index is 614. The molecule has 0 unspecified atom stereocenters. The van der Waals surface area contributed by atoms with Gasteiger partial charge in [-0.05, 0) is 18.6 Å². The Morgan fingerprint density at radius 2 is 2.14 bits per heavy atom. The fourth-order valence-corrected chi connectivity index (χ4v) is 2.17. The van der Waals surface area contributed by atoms with Crippen LogP contribution in [0.25, 0.3) is 0 Å². The highest BCUT2D eigenvalue weighted by atomic mass is 16.5. The van der Waals surface area contributed by atoms with Gasteiger partial charge in [0.15, 0.2) is 5.69 Å². The van der Waals surface area contributed by atoms with Crippen molar-refractivity contribution < 1.29 is 9.53 Å². The molecule has 0 N–H and O–H groups in total. The fourth-order valence-electron chi connectivity index (χ4n) is 2.17. The quantitative estimate of drug-likeness (QED) is 0.807. The normalized spacial score (nSPS) is 11.4. The van der Waals surface area contributed by atoms with Crippen LogP contribution in [0.3, 0.4) is 0 Å². The van der Waals surface area contributed by atoms with Crippen molar-refractivity contribution in [2.45, 2.75) is 39.7 Å². The molecule has 0 radical (unpaired) electrons. The lowest BCUT2D eigenvalue weighted by molar-refractivity contribution is 0.0516. The van der Waals surface area contributed by atoms with E-state index in [1.807, 2.05) is 32.9 Å². The van der Waals surface area contributed by atoms with E-state index in [-0.39, 0.29) is 11.1 Å². The SMILES string of the molecule is CCOC(=O)c1nnn(Cc2cccnc2)c1C(C)(C)C. The molecule has 0 saturated carbocycles. The number of esters is 1. The molecule has 6 heteroatoms. The first-order valence-electron chi connectivity index (χ1n) is 6.93. The van der Waals surface area contributed by atoms with Crippen molar-refractivity contribution in [3.63, 3.8) is 0 Å². The average molecular weight is 288 g/mol. The zero-order valence-corrected chi connectivity index (χ0v) is 12.8. The van der Waals surface area contributed by atoms with Crippen LogP contribution in [-0.2, 0) is 16.7 Å². The molecule has 0 spiro atoms. The molecule has 0 saturated heterocycles. The molecule has 0 aromatic carbocycles. The van der Waals surface area contributed by atoms with Gasteiger partial charge in [-0.15, -0.1) is 5.10 Å². The van der Waals surface area contributed by atoms with Gasteiger partial charge in [0.2, 0.25) is 0 Å². The lowest BCUT2D eigenvalue weighted by atomic mass is 9.90. The minimum Gasteiger partial charge on any atom is -0.461 e. The van der Waals surface area contributed by atoms with Crippen molar-refractivity contribution in [3.8, 4) is 0 Å². The number of pyridine rings is 1. The van der Waals surface area contributed by atoms with Crippen molar-refractivity contribution >= 4 is 5.97 Å². The summed E-state index contributed by atoms with van der Waals surface area (Å²) < 4.78 is 6.80. The molecule has 2 rings (SSSR count). The smallest absolute Gasteiger partial charge is 0.360 e. The molecule has 0 bridgehead atoms. The maximum atomic E-state index is 12.0. The van der Waals surface area contributed by atoms with Crippen LogP contribution in [0.15, 0.2) is 24.5 Å². The largest absolute Gasteiger partial charge is 0.461 e. The zero-order valence-electron chi connectivity index (χ0n) is 12.8. The second kappa shape index (κ2) is 6.03. The Morgan fingerprint density at radius 3 is 2.71 bits per heavy atom. The molecular weight excluding hydrogens is 268 g/mol. The number of nitrogens with zero attached hydrogens (tertiary/aromatic N) is 4. The molecule has 2 aromatic rings. The molecule has 2 heterocycles. The molecule has 6 nitrogen and oxygen atoms in total. The molecule has 0 aliphatic carbocycles. The van der Waals surface area contributed by atoms with Gasteiger partial charge in [-0.3, -0.25) is 4.98 Å². The van der Waals surface area contributed by atoms with E-state index in [1.165, 1.54) is 0 Å². The Kier molecular flexibility index (Phi) is 4.35. The predicted octanol–water partition coefficient (Wildman–Crippen LogP) is 2.20. The number of carbonyl (C=O) groups is 1. The highest BCUT2D eigenvalue weighted by molar-refractivity contribution is 5.88. The molecule has 112 valence electrons. The molecule has 0 aliphatic heterocycles. The van der Waals surface area contributed by atoms with Gasteiger partial charge >= 0.3 is 5.97 Å². The van der Waals surface area contributed by atoms with E-state index in [4.69, 9.17) is 4.74 Å². The Hall–Kier alpha value is -2.24. The van der Waals surface area contributed by atoms with E-state index in [9.17, 15) is 4.79 Å². The second-order valence-corrected chi connectivity index (χ2v) is 5.78. The molecule has 2 aromatic heterocycles. The number of hydrogen-bond donors (Lipinski definition) is 0. The average Bonchev–Trinajstić information content (AvgIpc) is 2.84. The summed E-state index contributed by atoms with van der Waals surface area (Å²) in [5, 5.41) is 8.13. The number of carbonyl (C=O) groups excluding carboxylic acids is 1. The molecule has 21 heavy (non-hydrogen) atoms. The van der Waals surface area contributed by atoms with Crippen LogP contribution in [0.1, 0.15) is 49.4 Å². The summed E-state index contributed by atoms with van der Waals surface area (Å²) in [6, 6.07) is 3.83. The van der Waals surface area contributed by atoms with Crippen molar-refractivity contribution in [2.75, 3.05) is 6.61 Å². The molecule has 0 fully saturated rings. The van der Waals surface area contributed by atoms with Crippen molar-refractivity contribution in [1.29, 1.82) is 0 Å². The van der Waals surface area contributed by atoms with Crippen LogP contribution in [0.4, 0.5) is 0 Å². The Balaban J connectivity index is 2.40. The van der Waals surface area contributed by atoms with Crippen molar-refractivity contribution in [1.82, 2.24) is 20.0 Å². The van der Waals surface area contributed by atoms with E-state index < -0.39 is 5.97 Å². The number of aromatic nitrogens is 4.